The zero-order valence-corrected chi connectivity index (χ0v) is 10.9. The molecule has 17 heavy (non-hydrogen) atoms. The number of likely N-dealkylation sites (tertiary alicyclic amines) is 1. The maximum atomic E-state index is 11.3. The number of hydrogen-bond acceptors (Lipinski definition) is 3. The molecule has 0 bridgehead atoms. The highest BCUT2D eigenvalue weighted by Gasteiger charge is 2.26. The van der Waals surface area contributed by atoms with Crippen LogP contribution in [0, 0.1) is 0 Å². The van der Waals surface area contributed by atoms with Crippen LogP contribution in [0.2, 0.25) is 0 Å². The van der Waals surface area contributed by atoms with Gasteiger partial charge in [0.1, 0.15) is 0 Å². The van der Waals surface area contributed by atoms with E-state index in [0.29, 0.717) is 12.5 Å². The minimum absolute atomic E-state index is 0.157. The number of nitrogens with zero attached hydrogens (tertiary/aromatic N) is 1. The van der Waals surface area contributed by atoms with E-state index in [-0.39, 0.29) is 5.91 Å². The zero-order valence-electron chi connectivity index (χ0n) is 10.9. The molecular formula is C13H25N3O. The van der Waals surface area contributed by atoms with Crippen LogP contribution in [0.15, 0.2) is 0 Å². The summed E-state index contributed by atoms with van der Waals surface area (Å²) >= 11 is 0. The molecule has 1 amide bonds. The fraction of sp³-hybridized carbons (Fsp3) is 0.923. The van der Waals surface area contributed by atoms with Gasteiger partial charge in [-0.25, -0.2) is 0 Å². The monoisotopic (exact) mass is 239 g/mol. The van der Waals surface area contributed by atoms with Crippen LogP contribution >= 0.6 is 0 Å². The Morgan fingerprint density at radius 3 is 2.82 bits per heavy atom. The third-order valence-electron chi connectivity index (χ3n) is 3.87. The van der Waals surface area contributed by atoms with Crippen LogP contribution in [0.1, 0.15) is 38.5 Å². The van der Waals surface area contributed by atoms with Crippen molar-refractivity contribution in [1.82, 2.24) is 15.5 Å². The largest absolute Gasteiger partial charge is 0.359 e. The van der Waals surface area contributed by atoms with Gasteiger partial charge in [-0.2, -0.15) is 0 Å². The fourth-order valence-corrected chi connectivity index (χ4v) is 2.55. The summed E-state index contributed by atoms with van der Waals surface area (Å²) < 4.78 is 0. The first-order valence-corrected chi connectivity index (χ1v) is 6.97. The third-order valence-corrected chi connectivity index (χ3v) is 3.87. The Labute approximate surface area is 104 Å². The molecule has 1 aliphatic heterocycles. The Kier molecular flexibility index (Phi) is 4.80. The summed E-state index contributed by atoms with van der Waals surface area (Å²) in [5, 5.41) is 6.31. The molecule has 4 nitrogen and oxygen atoms in total. The zero-order chi connectivity index (χ0) is 12.1. The summed E-state index contributed by atoms with van der Waals surface area (Å²) in [6, 6.07) is 1.44. The maximum Gasteiger partial charge on any atom is 0.221 e. The van der Waals surface area contributed by atoms with E-state index in [0.717, 1.165) is 25.7 Å². The van der Waals surface area contributed by atoms with Crippen molar-refractivity contribution in [1.29, 1.82) is 0 Å². The predicted octanol–water partition coefficient (Wildman–Crippen LogP) is 0.729. The summed E-state index contributed by atoms with van der Waals surface area (Å²) in [7, 11) is 1.71. The molecule has 1 saturated carbocycles. The normalized spacial score (nSPS) is 25.8. The molecule has 0 aromatic heterocycles. The van der Waals surface area contributed by atoms with Crippen LogP contribution in [0.4, 0.5) is 0 Å². The van der Waals surface area contributed by atoms with E-state index in [1.165, 1.54) is 32.1 Å². The van der Waals surface area contributed by atoms with Crippen molar-refractivity contribution in [2.75, 3.05) is 26.7 Å². The molecular weight excluding hydrogens is 214 g/mol. The Bertz CT molecular complexity index is 253. The molecule has 1 aliphatic carbocycles. The number of rotatable bonds is 6. The smallest absolute Gasteiger partial charge is 0.221 e. The predicted molar refractivity (Wildman–Crippen MR) is 68.9 cm³/mol. The Hall–Kier alpha value is -0.610. The van der Waals surface area contributed by atoms with Crippen LogP contribution in [0.25, 0.3) is 0 Å². The van der Waals surface area contributed by atoms with Gasteiger partial charge in [0, 0.05) is 38.6 Å². The standard InChI is InChI=1S/C13H25N3O/c1-14-13(17)7-9-16-8-3-2-4-12(16)10-15-11-5-6-11/h11-12,15H,2-10H2,1H3,(H,14,17). The van der Waals surface area contributed by atoms with E-state index in [4.69, 9.17) is 0 Å². The van der Waals surface area contributed by atoms with Crippen molar-refractivity contribution in [3.8, 4) is 0 Å². The van der Waals surface area contributed by atoms with Gasteiger partial charge in [0.05, 0.1) is 0 Å². The van der Waals surface area contributed by atoms with Crippen molar-refractivity contribution < 1.29 is 4.79 Å². The molecule has 1 unspecified atom stereocenters. The van der Waals surface area contributed by atoms with E-state index in [1.54, 1.807) is 7.05 Å². The van der Waals surface area contributed by atoms with Gasteiger partial charge < -0.3 is 10.6 Å². The first-order chi connectivity index (χ1) is 8.29. The van der Waals surface area contributed by atoms with Gasteiger partial charge in [-0.1, -0.05) is 6.42 Å². The first kappa shape index (κ1) is 12.8. The summed E-state index contributed by atoms with van der Waals surface area (Å²) in [6.07, 6.45) is 7.25. The lowest BCUT2D eigenvalue weighted by Gasteiger charge is -2.35. The van der Waals surface area contributed by atoms with Crippen molar-refractivity contribution in [2.45, 2.75) is 50.6 Å². The lowest BCUT2D eigenvalue weighted by molar-refractivity contribution is -0.121. The van der Waals surface area contributed by atoms with Crippen LogP contribution in [0.3, 0.4) is 0 Å². The highest BCUT2D eigenvalue weighted by atomic mass is 16.1. The quantitative estimate of drug-likeness (QED) is 0.718. The SMILES string of the molecule is CNC(=O)CCN1CCCCC1CNC1CC1. The van der Waals surface area contributed by atoms with Crippen LogP contribution < -0.4 is 10.6 Å². The van der Waals surface area contributed by atoms with Crippen molar-refractivity contribution >= 4 is 5.91 Å². The molecule has 0 aromatic carbocycles. The number of carbonyl (C=O) groups excluding carboxylic acids is 1. The molecule has 2 N–H and O–H groups in total. The van der Waals surface area contributed by atoms with Crippen LogP contribution in [0.5, 0.6) is 0 Å². The molecule has 0 radical (unpaired) electrons. The number of carbonyl (C=O) groups is 1. The Balaban J connectivity index is 1.72. The topological polar surface area (TPSA) is 44.4 Å². The Morgan fingerprint density at radius 1 is 1.29 bits per heavy atom. The maximum absolute atomic E-state index is 11.3. The lowest BCUT2D eigenvalue weighted by atomic mass is 10.0. The highest BCUT2D eigenvalue weighted by molar-refractivity contribution is 5.75. The number of hydrogen-bond donors (Lipinski definition) is 2. The molecule has 1 atom stereocenters. The van der Waals surface area contributed by atoms with Gasteiger partial charge in [-0.15, -0.1) is 0 Å². The third kappa shape index (κ3) is 4.28. The minimum atomic E-state index is 0.157. The summed E-state index contributed by atoms with van der Waals surface area (Å²) in [4.78, 5) is 13.8. The van der Waals surface area contributed by atoms with Gasteiger partial charge in [-0.05, 0) is 32.2 Å². The molecule has 0 aromatic rings. The molecule has 0 spiro atoms. The lowest BCUT2D eigenvalue weighted by Crippen LogP contribution is -2.47. The number of nitrogens with one attached hydrogen (secondary N) is 2. The minimum Gasteiger partial charge on any atom is -0.359 e. The summed E-state index contributed by atoms with van der Waals surface area (Å²) in [6.45, 7) is 3.18. The molecule has 98 valence electrons. The Morgan fingerprint density at radius 2 is 2.12 bits per heavy atom. The van der Waals surface area contributed by atoms with E-state index >= 15 is 0 Å². The average Bonchev–Trinajstić information content (AvgIpc) is 3.18. The van der Waals surface area contributed by atoms with Gasteiger partial charge in [0.15, 0.2) is 0 Å². The van der Waals surface area contributed by atoms with Crippen molar-refractivity contribution in [3.63, 3.8) is 0 Å². The van der Waals surface area contributed by atoms with E-state index in [1.807, 2.05) is 0 Å². The van der Waals surface area contributed by atoms with E-state index < -0.39 is 0 Å². The first-order valence-electron chi connectivity index (χ1n) is 6.97. The second kappa shape index (κ2) is 6.36. The second-order valence-corrected chi connectivity index (χ2v) is 5.29. The van der Waals surface area contributed by atoms with E-state index in [2.05, 4.69) is 15.5 Å². The second-order valence-electron chi connectivity index (χ2n) is 5.29. The van der Waals surface area contributed by atoms with Crippen molar-refractivity contribution in [2.24, 2.45) is 0 Å². The molecule has 2 fully saturated rings. The fourth-order valence-electron chi connectivity index (χ4n) is 2.55. The van der Waals surface area contributed by atoms with E-state index in [9.17, 15) is 4.79 Å². The van der Waals surface area contributed by atoms with Gasteiger partial charge >= 0.3 is 0 Å². The molecule has 1 heterocycles. The molecule has 4 heteroatoms. The molecule has 2 rings (SSSR count). The summed E-state index contributed by atoms with van der Waals surface area (Å²) in [5.41, 5.74) is 0. The van der Waals surface area contributed by atoms with Gasteiger partial charge in [-0.3, -0.25) is 9.69 Å². The van der Waals surface area contributed by atoms with Crippen LogP contribution in [-0.2, 0) is 4.79 Å². The molecule has 2 aliphatic rings. The number of amides is 1. The summed E-state index contributed by atoms with van der Waals surface area (Å²) in [5.74, 6) is 0.157. The van der Waals surface area contributed by atoms with Crippen molar-refractivity contribution in [3.05, 3.63) is 0 Å². The highest BCUT2D eigenvalue weighted by Crippen LogP contribution is 2.21. The van der Waals surface area contributed by atoms with Crippen LogP contribution in [-0.4, -0.2) is 49.6 Å². The number of piperidine rings is 1. The molecule has 1 saturated heterocycles. The van der Waals surface area contributed by atoms with Gasteiger partial charge in [0.2, 0.25) is 5.91 Å². The average molecular weight is 239 g/mol. The van der Waals surface area contributed by atoms with Gasteiger partial charge in [0.25, 0.3) is 0 Å².